The molecule has 146 valence electrons. The van der Waals surface area contributed by atoms with Crippen LogP contribution in [0.3, 0.4) is 0 Å². The van der Waals surface area contributed by atoms with E-state index < -0.39 is 0 Å². The molecule has 6 nitrogen and oxygen atoms in total. The van der Waals surface area contributed by atoms with E-state index in [-0.39, 0.29) is 29.1 Å². The zero-order valence-electron chi connectivity index (χ0n) is 16.6. The third-order valence-electron chi connectivity index (χ3n) is 4.68. The van der Waals surface area contributed by atoms with E-state index in [2.05, 4.69) is 36.1 Å². The molecule has 0 saturated heterocycles. The second-order valence-corrected chi connectivity index (χ2v) is 8.75. The van der Waals surface area contributed by atoms with Crippen LogP contribution in [0.4, 0.5) is 0 Å². The van der Waals surface area contributed by atoms with Crippen LogP contribution >= 0.6 is 11.3 Å². The summed E-state index contributed by atoms with van der Waals surface area (Å²) in [7, 11) is 1.54. The topological polar surface area (TPSA) is 91.9 Å². The predicted molar refractivity (Wildman–Crippen MR) is 112 cm³/mol. The van der Waals surface area contributed by atoms with E-state index in [1.165, 1.54) is 0 Å². The van der Waals surface area contributed by atoms with Crippen LogP contribution in [-0.4, -0.2) is 28.7 Å². The van der Waals surface area contributed by atoms with Gasteiger partial charge in [-0.2, -0.15) is 0 Å². The molecule has 3 rings (SSSR count). The van der Waals surface area contributed by atoms with E-state index in [9.17, 15) is 14.4 Å². The number of aromatic amines is 1. The van der Waals surface area contributed by atoms with Crippen molar-refractivity contribution in [3.05, 3.63) is 62.0 Å². The minimum Gasteiger partial charge on any atom is -0.354 e. The van der Waals surface area contributed by atoms with Crippen LogP contribution in [0.15, 0.2) is 29.1 Å². The molecule has 0 aliphatic heterocycles. The molecule has 1 amide bonds. The maximum absolute atomic E-state index is 12.6. The Labute approximate surface area is 167 Å². The van der Waals surface area contributed by atoms with Crippen LogP contribution in [0.2, 0.25) is 0 Å². The number of aryl methyl sites for hydroxylation is 1. The first-order valence-electron chi connectivity index (χ1n) is 9.00. The Balaban J connectivity index is 1.91. The number of fused-ring (bicyclic) bond motifs is 1. The Morgan fingerprint density at radius 1 is 1.18 bits per heavy atom. The fourth-order valence-corrected chi connectivity index (χ4v) is 4.16. The summed E-state index contributed by atoms with van der Waals surface area (Å²) in [5.41, 5.74) is 2.00. The molecule has 0 fully saturated rings. The lowest BCUT2D eigenvalue weighted by molar-refractivity contribution is 0.0964. The third kappa shape index (κ3) is 3.75. The number of rotatable bonds is 4. The molecule has 0 atom stereocenters. The molecule has 0 unspecified atom stereocenters. The van der Waals surface area contributed by atoms with Gasteiger partial charge in [-0.05, 0) is 23.5 Å². The van der Waals surface area contributed by atoms with Gasteiger partial charge in [-0.3, -0.25) is 14.4 Å². The number of thiophene rings is 1. The molecule has 2 aromatic heterocycles. The highest BCUT2D eigenvalue weighted by atomic mass is 32.1. The van der Waals surface area contributed by atoms with Crippen molar-refractivity contribution in [2.45, 2.75) is 39.5 Å². The smallest absolute Gasteiger partial charge is 0.261 e. The molecule has 0 aliphatic carbocycles. The summed E-state index contributed by atoms with van der Waals surface area (Å²) in [4.78, 5) is 45.1. The van der Waals surface area contributed by atoms with Crippen molar-refractivity contribution in [2.75, 3.05) is 7.05 Å². The Morgan fingerprint density at radius 2 is 1.82 bits per heavy atom. The maximum atomic E-state index is 12.6. The van der Waals surface area contributed by atoms with Crippen molar-refractivity contribution < 1.29 is 9.59 Å². The molecular formula is C21H23N3O3S. The van der Waals surface area contributed by atoms with Crippen LogP contribution in [0.1, 0.15) is 57.8 Å². The summed E-state index contributed by atoms with van der Waals surface area (Å²) in [6, 6.07) is 7.51. The first-order valence-corrected chi connectivity index (χ1v) is 9.81. The van der Waals surface area contributed by atoms with Crippen molar-refractivity contribution in [1.82, 2.24) is 15.3 Å². The summed E-state index contributed by atoms with van der Waals surface area (Å²) in [6.45, 7) is 8.07. The normalized spacial score (nSPS) is 11.6. The summed E-state index contributed by atoms with van der Waals surface area (Å²) < 4.78 is 0. The highest BCUT2D eigenvalue weighted by molar-refractivity contribution is 7.20. The van der Waals surface area contributed by atoms with Gasteiger partial charge in [0.2, 0.25) is 0 Å². The highest BCUT2D eigenvalue weighted by Crippen LogP contribution is 2.27. The van der Waals surface area contributed by atoms with Crippen molar-refractivity contribution in [1.29, 1.82) is 0 Å². The lowest BCUT2D eigenvalue weighted by Gasteiger charge is -2.18. The van der Waals surface area contributed by atoms with E-state index in [4.69, 9.17) is 0 Å². The molecule has 3 aromatic rings. The fraction of sp³-hybridized carbons (Fsp3) is 0.333. The quantitative estimate of drug-likeness (QED) is 0.660. The standard InChI is InChI=1S/C21H23N3O3S/c1-11-16-18(26)23-15(24-20(16)28-17(11)19(27)22-5)10-14(25)12-6-8-13(9-7-12)21(2,3)4/h6-9H,10H2,1-5H3,(H,22,27)(H,23,24,26). The second kappa shape index (κ2) is 7.31. The first kappa shape index (κ1) is 19.9. The summed E-state index contributed by atoms with van der Waals surface area (Å²) in [6.07, 6.45) is -0.00764. The van der Waals surface area contributed by atoms with Gasteiger partial charge in [0.25, 0.3) is 11.5 Å². The van der Waals surface area contributed by atoms with Gasteiger partial charge in [-0.25, -0.2) is 4.98 Å². The summed E-state index contributed by atoms with van der Waals surface area (Å²) in [5.74, 6) is -0.0775. The molecule has 2 heterocycles. The second-order valence-electron chi connectivity index (χ2n) is 7.76. The molecule has 28 heavy (non-hydrogen) atoms. The van der Waals surface area contributed by atoms with Crippen molar-refractivity contribution in [3.63, 3.8) is 0 Å². The SMILES string of the molecule is CNC(=O)c1sc2nc(CC(=O)c3ccc(C(C)(C)C)cc3)[nH]c(=O)c2c1C. The van der Waals surface area contributed by atoms with Gasteiger partial charge in [-0.1, -0.05) is 45.0 Å². The van der Waals surface area contributed by atoms with Crippen LogP contribution in [0, 0.1) is 6.92 Å². The molecule has 0 bridgehead atoms. The van der Waals surface area contributed by atoms with Crippen LogP contribution in [0.5, 0.6) is 0 Å². The Hall–Kier alpha value is -2.80. The summed E-state index contributed by atoms with van der Waals surface area (Å²) in [5, 5.41) is 2.96. The number of amides is 1. The number of hydrogen-bond donors (Lipinski definition) is 2. The van der Waals surface area contributed by atoms with Crippen LogP contribution in [-0.2, 0) is 11.8 Å². The molecule has 7 heteroatoms. The maximum Gasteiger partial charge on any atom is 0.261 e. The molecule has 1 aromatic carbocycles. The van der Waals surface area contributed by atoms with Crippen LogP contribution < -0.4 is 10.9 Å². The van der Waals surface area contributed by atoms with E-state index in [0.29, 0.717) is 32.0 Å². The van der Waals surface area contributed by atoms with Gasteiger partial charge < -0.3 is 10.3 Å². The highest BCUT2D eigenvalue weighted by Gasteiger charge is 2.20. The number of nitrogens with one attached hydrogen (secondary N) is 2. The van der Waals surface area contributed by atoms with Gasteiger partial charge in [0, 0.05) is 12.6 Å². The number of benzene rings is 1. The lowest BCUT2D eigenvalue weighted by atomic mass is 9.86. The number of ketones is 1. The number of carbonyl (C=O) groups is 2. The van der Waals surface area contributed by atoms with Gasteiger partial charge in [0.15, 0.2) is 5.78 Å². The van der Waals surface area contributed by atoms with Gasteiger partial charge in [-0.15, -0.1) is 11.3 Å². The van der Waals surface area contributed by atoms with Crippen LogP contribution in [0.25, 0.3) is 10.2 Å². The first-order chi connectivity index (χ1) is 13.1. The Kier molecular flexibility index (Phi) is 5.21. The molecule has 0 spiro atoms. The van der Waals surface area contributed by atoms with E-state index in [0.717, 1.165) is 16.9 Å². The van der Waals surface area contributed by atoms with E-state index in [1.807, 2.05) is 12.1 Å². The molecule has 0 radical (unpaired) electrons. The number of Topliss-reactive ketones (excluding diaryl/α,β-unsaturated/α-hetero) is 1. The molecule has 0 aliphatic rings. The average Bonchev–Trinajstić information content (AvgIpc) is 2.97. The zero-order chi connectivity index (χ0) is 20.6. The average molecular weight is 398 g/mol. The largest absolute Gasteiger partial charge is 0.354 e. The Bertz CT molecular complexity index is 1120. The van der Waals surface area contributed by atoms with E-state index in [1.54, 1.807) is 26.1 Å². The lowest BCUT2D eigenvalue weighted by Crippen LogP contribution is -2.18. The van der Waals surface area contributed by atoms with Gasteiger partial charge in [0.05, 0.1) is 16.7 Å². The van der Waals surface area contributed by atoms with Crippen molar-refractivity contribution in [3.8, 4) is 0 Å². The number of carbonyl (C=O) groups excluding carboxylic acids is 2. The van der Waals surface area contributed by atoms with E-state index >= 15 is 0 Å². The molecule has 0 saturated carbocycles. The number of H-pyrrole nitrogens is 1. The number of hydrogen-bond acceptors (Lipinski definition) is 5. The van der Waals surface area contributed by atoms with Gasteiger partial charge in [0.1, 0.15) is 10.7 Å². The van der Waals surface area contributed by atoms with Gasteiger partial charge >= 0.3 is 0 Å². The molecule has 2 N–H and O–H groups in total. The minimum atomic E-state index is -0.334. The summed E-state index contributed by atoms with van der Waals surface area (Å²) >= 11 is 1.16. The monoisotopic (exact) mass is 397 g/mol. The fourth-order valence-electron chi connectivity index (χ4n) is 3.01. The third-order valence-corrected chi connectivity index (χ3v) is 5.87. The predicted octanol–water partition coefficient (Wildman–Crippen LogP) is 3.38. The number of aromatic nitrogens is 2. The van der Waals surface area contributed by atoms with Crippen molar-refractivity contribution >= 4 is 33.2 Å². The zero-order valence-corrected chi connectivity index (χ0v) is 17.4. The Morgan fingerprint density at radius 3 is 2.39 bits per heavy atom. The molecular weight excluding hydrogens is 374 g/mol. The van der Waals surface area contributed by atoms with Crippen molar-refractivity contribution in [2.24, 2.45) is 0 Å². The minimum absolute atomic E-state index is 0.00764. The number of nitrogens with zero attached hydrogens (tertiary/aromatic N) is 1.